The third-order valence-electron chi connectivity index (χ3n) is 7.38. The van der Waals surface area contributed by atoms with Crippen molar-refractivity contribution in [2.75, 3.05) is 25.6 Å². The molecule has 9 nitrogen and oxygen atoms in total. The number of carbonyl (C=O) groups excluding carboxylic acids is 1. The van der Waals surface area contributed by atoms with Crippen molar-refractivity contribution >= 4 is 11.5 Å². The van der Waals surface area contributed by atoms with Crippen LogP contribution in [0.4, 0.5) is 23.2 Å². The Bertz CT molecular complexity index is 1600. The normalized spacial score (nSPS) is 15.5. The van der Waals surface area contributed by atoms with Gasteiger partial charge in [-0.3, -0.25) is 4.79 Å². The van der Waals surface area contributed by atoms with Crippen molar-refractivity contribution < 1.29 is 41.7 Å². The fourth-order valence-electron chi connectivity index (χ4n) is 5.35. The second kappa shape index (κ2) is 13.3. The van der Waals surface area contributed by atoms with Gasteiger partial charge in [0.25, 0.3) is 0 Å². The number of benzene rings is 3. The molecule has 4 aromatic rings. The molecule has 1 aromatic heterocycles. The highest BCUT2D eigenvalue weighted by Crippen LogP contribution is 2.37. The summed E-state index contributed by atoms with van der Waals surface area (Å²) in [6, 6.07) is 12.3. The number of halogens is 4. The summed E-state index contributed by atoms with van der Waals surface area (Å²) in [5.41, 5.74) is 2.99. The number of methoxy groups -OCH3 is 1. The summed E-state index contributed by atoms with van der Waals surface area (Å²) in [6.45, 7) is -0.436. The monoisotopic (exact) mass is 614 g/mol. The van der Waals surface area contributed by atoms with Crippen LogP contribution in [-0.2, 0) is 17.6 Å². The van der Waals surface area contributed by atoms with Gasteiger partial charge in [-0.15, -0.1) is 13.2 Å². The van der Waals surface area contributed by atoms with Crippen molar-refractivity contribution in [3.05, 3.63) is 89.8 Å². The maximum absolute atomic E-state index is 14.3. The molecule has 13 heteroatoms. The zero-order valence-corrected chi connectivity index (χ0v) is 23.7. The molecule has 232 valence electrons. The molecule has 2 unspecified atom stereocenters. The Morgan fingerprint density at radius 2 is 1.86 bits per heavy atom. The minimum atomic E-state index is -4.81. The SMILES string of the molecule is COc1cc(NC(C(=O)C2CCc3ccc(OC(F)(F)F)cc3CC2)c2ccc(F)cc2OCCO)cc(-n2cncn2)c1. The van der Waals surface area contributed by atoms with E-state index < -0.39 is 24.1 Å². The first-order chi connectivity index (χ1) is 21.1. The van der Waals surface area contributed by atoms with E-state index in [1.165, 1.54) is 48.7 Å². The molecule has 2 N–H and O–H groups in total. The first-order valence-corrected chi connectivity index (χ1v) is 13.9. The predicted octanol–water partition coefficient (Wildman–Crippen LogP) is 5.60. The number of alkyl halides is 3. The summed E-state index contributed by atoms with van der Waals surface area (Å²) >= 11 is 0. The number of anilines is 1. The van der Waals surface area contributed by atoms with E-state index in [9.17, 15) is 27.5 Å². The molecule has 0 saturated heterocycles. The number of nitrogens with one attached hydrogen (secondary N) is 1. The number of Topliss-reactive ketones (excluding diaryl/α,β-unsaturated/α-hetero) is 1. The number of carbonyl (C=O) groups is 1. The lowest BCUT2D eigenvalue weighted by Gasteiger charge is -2.26. The average Bonchev–Trinajstić information content (AvgIpc) is 3.46. The highest BCUT2D eigenvalue weighted by molar-refractivity contribution is 5.91. The van der Waals surface area contributed by atoms with Crippen LogP contribution in [0.15, 0.2) is 67.3 Å². The molecule has 2 atom stereocenters. The third kappa shape index (κ3) is 7.46. The fraction of sp³-hybridized carbons (Fsp3) is 0.323. The van der Waals surface area contributed by atoms with Crippen molar-refractivity contribution in [2.24, 2.45) is 5.92 Å². The van der Waals surface area contributed by atoms with Crippen LogP contribution in [0.5, 0.6) is 17.2 Å². The van der Waals surface area contributed by atoms with E-state index in [0.717, 1.165) is 11.6 Å². The smallest absolute Gasteiger partial charge is 0.497 e. The zero-order valence-electron chi connectivity index (χ0n) is 23.7. The summed E-state index contributed by atoms with van der Waals surface area (Å²) in [5.74, 6) is -1.03. The zero-order chi connectivity index (χ0) is 31.3. The van der Waals surface area contributed by atoms with E-state index in [1.54, 1.807) is 24.3 Å². The summed E-state index contributed by atoms with van der Waals surface area (Å²) in [4.78, 5) is 18.3. The Balaban J connectivity index is 1.48. The largest absolute Gasteiger partial charge is 0.573 e. The number of hydrogen-bond donors (Lipinski definition) is 2. The highest BCUT2D eigenvalue weighted by Gasteiger charge is 2.34. The maximum Gasteiger partial charge on any atom is 0.573 e. The molecule has 3 aromatic carbocycles. The molecule has 5 rings (SSSR count). The van der Waals surface area contributed by atoms with Gasteiger partial charge >= 0.3 is 6.36 Å². The standard InChI is InChI=1S/C31H30F4N4O5/c1-42-26-15-23(14-24(16-26)39-18-36-17-37-39)38-29(27-9-7-22(32)13-28(27)43-11-10-40)30(41)20-3-2-19-6-8-25(44-31(33,34)35)12-21(19)5-4-20/h6-9,12-18,20,29,38,40H,2-5,10-11H2,1H3. The molecule has 0 saturated carbocycles. The van der Waals surface area contributed by atoms with Crippen LogP contribution in [0.2, 0.25) is 0 Å². The van der Waals surface area contributed by atoms with Crippen LogP contribution in [0.1, 0.15) is 35.6 Å². The Morgan fingerprint density at radius 1 is 1.07 bits per heavy atom. The van der Waals surface area contributed by atoms with Crippen molar-refractivity contribution in [3.63, 3.8) is 0 Å². The molecular formula is C31H30F4N4O5. The van der Waals surface area contributed by atoms with Gasteiger partial charge < -0.3 is 24.6 Å². The molecule has 1 aliphatic carbocycles. The molecule has 44 heavy (non-hydrogen) atoms. The fourth-order valence-corrected chi connectivity index (χ4v) is 5.35. The number of fused-ring (bicyclic) bond motifs is 1. The van der Waals surface area contributed by atoms with E-state index in [4.69, 9.17) is 9.47 Å². The van der Waals surface area contributed by atoms with Gasteiger partial charge in [-0.25, -0.2) is 14.1 Å². The van der Waals surface area contributed by atoms with Gasteiger partial charge in [0.15, 0.2) is 5.78 Å². The molecule has 1 heterocycles. The van der Waals surface area contributed by atoms with Gasteiger partial charge in [0.2, 0.25) is 0 Å². The van der Waals surface area contributed by atoms with E-state index in [2.05, 4.69) is 20.1 Å². The lowest BCUT2D eigenvalue weighted by Crippen LogP contribution is -2.29. The first-order valence-electron chi connectivity index (χ1n) is 13.9. The summed E-state index contributed by atoms with van der Waals surface area (Å²) in [6.07, 6.45) is -0.274. The number of nitrogens with zero attached hydrogens (tertiary/aromatic N) is 3. The number of hydrogen-bond acceptors (Lipinski definition) is 8. The van der Waals surface area contributed by atoms with Crippen LogP contribution in [0.25, 0.3) is 5.69 Å². The van der Waals surface area contributed by atoms with E-state index in [1.807, 2.05) is 0 Å². The van der Waals surface area contributed by atoms with Crippen LogP contribution >= 0.6 is 0 Å². The number of aliphatic hydroxyl groups is 1. The van der Waals surface area contributed by atoms with Crippen LogP contribution in [-0.4, -0.2) is 52.3 Å². The van der Waals surface area contributed by atoms with Crippen LogP contribution in [0.3, 0.4) is 0 Å². The van der Waals surface area contributed by atoms with Gasteiger partial charge in [0, 0.05) is 35.4 Å². The lowest BCUT2D eigenvalue weighted by atomic mass is 9.87. The number of rotatable bonds is 11. The number of aliphatic hydroxyl groups excluding tert-OH is 1. The Morgan fingerprint density at radius 3 is 2.57 bits per heavy atom. The van der Waals surface area contributed by atoms with Crippen molar-refractivity contribution in [1.82, 2.24) is 14.8 Å². The quantitative estimate of drug-likeness (QED) is 0.166. The van der Waals surface area contributed by atoms with Crippen molar-refractivity contribution in [2.45, 2.75) is 38.1 Å². The second-order valence-corrected chi connectivity index (χ2v) is 10.2. The van der Waals surface area contributed by atoms with E-state index >= 15 is 0 Å². The number of ether oxygens (including phenoxy) is 3. The van der Waals surface area contributed by atoms with E-state index in [0.29, 0.717) is 53.9 Å². The minimum absolute atomic E-state index is 0.0927. The van der Waals surface area contributed by atoms with Crippen LogP contribution in [0, 0.1) is 11.7 Å². The predicted molar refractivity (Wildman–Crippen MR) is 152 cm³/mol. The Hall–Kier alpha value is -4.65. The van der Waals surface area contributed by atoms with Gasteiger partial charge in [-0.05, 0) is 67.1 Å². The summed E-state index contributed by atoms with van der Waals surface area (Å²) in [7, 11) is 1.50. The molecule has 0 bridgehead atoms. The maximum atomic E-state index is 14.3. The first kappa shape index (κ1) is 30.8. The topological polar surface area (TPSA) is 108 Å². The molecular weight excluding hydrogens is 584 g/mol. The lowest BCUT2D eigenvalue weighted by molar-refractivity contribution is -0.274. The molecule has 1 aliphatic rings. The minimum Gasteiger partial charge on any atom is -0.497 e. The van der Waals surface area contributed by atoms with E-state index in [-0.39, 0.29) is 30.5 Å². The van der Waals surface area contributed by atoms with Crippen molar-refractivity contribution in [3.8, 4) is 22.9 Å². The second-order valence-electron chi connectivity index (χ2n) is 10.2. The molecule has 0 aliphatic heterocycles. The molecule has 0 fully saturated rings. The van der Waals surface area contributed by atoms with Gasteiger partial charge in [0.05, 0.1) is 19.4 Å². The summed E-state index contributed by atoms with van der Waals surface area (Å²) in [5, 5.41) is 16.8. The molecule has 0 amide bonds. The number of aromatic nitrogens is 3. The Labute approximate surface area is 250 Å². The van der Waals surface area contributed by atoms with Crippen molar-refractivity contribution in [1.29, 1.82) is 0 Å². The Kier molecular flexibility index (Phi) is 9.33. The van der Waals surface area contributed by atoms with Crippen LogP contribution < -0.4 is 19.5 Å². The highest BCUT2D eigenvalue weighted by atomic mass is 19.4. The summed E-state index contributed by atoms with van der Waals surface area (Å²) < 4.78 is 69.5. The van der Waals surface area contributed by atoms with Gasteiger partial charge in [0.1, 0.15) is 48.4 Å². The third-order valence-corrected chi connectivity index (χ3v) is 7.38. The number of aryl methyl sites for hydroxylation is 2. The van der Waals surface area contributed by atoms with Gasteiger partial charge in [-0.1, -0.05) is 6.07 Å². The average molecular weight is 615 g/mol. The van der Waals surface area contributed by atoms with Gasteiger partial charge in [-0.2, -0.15) is 5.10 Å². The number of ketones is 1. The molecule has 0 radical (unpaired) electrons. The molecule has 0 spiro atoms.